The molecular weight excluding hydrogens is 809 g/mol. The third kappa shape index (κ3) is 9.76. The number of rotatable bonds is 12. The van der Waals surface area contributed by atoms with Crippen molar-refractivity contribution in [1.29, 1.82) is 0 Å². The summed E-state index contributed by atoms with van der Waals surface area (Å²) in [5.74, 6) is 0. The molecule has 0 amide bonds. The molecule has 0 bridgehead atoms. The SMILES string of the molecule is Cc1ccc(-c2ccc(CN(c3ccc(-c4ccc(C)cc4)cc3)c3ccc(-c4ccc(N(c5ccc(-c6ccc(C)cc6)cc5)c5ccc(-c6ccc(C)cc6)cc5)cc4)cc3)cc2)cc1. The third-order valence-electron chi connectivity index (χ3n) is 12.9. The number of aryl methyl sites for hydroxylation is 4. The average Bonchev–Trinajstić information content (AvgIpc) is 3.38. The molecule has 0 N–H and O–H groups in total. The van der Waals surface area contributed by atoms with Gasteiger partial charge >= 0.3 is 0 Å². The first kappa shape index (κ1) is 42.7. The van der Waals surface area contributed by atoms with Gasteiger partial charge in [-0.1, -0.05) is 204 Å². The molecule has 0 saturated carbocycles. The monoisotopic (exact) mass is 862 g/mol. The zero-order valence-electron chi connectivity index (χ0n) is 38.7. The maximum Gasteiger partial charge on any atom is 0.0481 e. The summed E-state index contributed by atoms with van der Waals surface area (Å²) < 4.78 is 0. The molecule has 0 saturated heterocycles. The van der Waals surface area contributed by atoms with Crippen LogP contribution in [0, 0.1) is 27.7 Å². The first-order valence-corrected chi connectivity index (χ1v) is 23.3. The summed E-state index contributed by atoms with van der Waals surface area (Å²) in [5, 5.41) is 0. The van der Waals surface area contributed by atoms with Gasteiger partial charge in [-0.05, 0) is 150 Å². The van der Waals surface area contributed by atoms with Crippen molar-refractivity contribution in [3.63, 3.8) is 0 Å². The smallest absolute Gasteiger partial charge is 0.0481 e. The number of nitrogens with zero attached hydrogens (tertiary/aromatic N) is 2. The van der Waals surface area contributed by atoms with Crippen molar-refractivity contribution in [3.05, 3.63) is 270 Å². The van der Waals surface area contributed by atoms with E-state index in [1.165, 1.54) is 83.5 Å². The molecule has 324 valence electrons. The number of hydrogen-bond acceptors (Lipinski definition) is 2. The highest BCUT2D eigenvalue weighted by molar-refractivity contribution is 5.82. The van der Waals surface area contributed by atoms with Crippen LogP contribution in [0.25, 0.3) is 55.6 Å². The van der Waals surface area contributed by atoms with Gasteiger partial charge in [0.15, 0.2) is 0 Å². The zero-order chi connectivity index (χ0) is 45.7. The van der Waals surface area contributed by atoms with Gasteiger partial charge in [0.05, 0.1) is 0 Å². The second-order valence-corrected chi connectivity index (χ2v) is 17.8. The summed E-state index contributed by atoms with van der Waals surface area (Å²) in [6.45, 7) is 9.26. The number of benzene rings is 10. The van der Waals surface area contributed by atoms with Gasteiger partial charge in [-0.25, -0.2) is 0 Å². The molecule has 0 atom stereocenters. The van der Waals surface area contributed by atoms with Gasteiger partial charge in [0.25, 0.3) is 0 Å². The minimum Gasteiger partial charge on any atom is -0.337 e. The zero-order valence-corrected chi connectivity index (χ0v) is 38.7. The molecule has 0 aliphatic heterocycles. The normalized spacial score (nSPS) is 11.0. The van der Waals surface area contributed by atoms with Crippen LogP contribution in [0.2, 0.25) is 0 Å². The standard InChI is InChI=1S/C65H54N2/c1-46-5-15-51(16-6-46)55-23-13-50(14-24-55)45-66(61-35-25-56(26-36-61)52-17-7-47(2)8-18-52)62-37-27-57(28-38-62)60-33-43-65(44-34-60)67(63-39-29-58(30-40-63)53-19-9-48(3)10-20-53)64-41-31-59(32-42-64)54-21-11-49(4)12-22-54/h5-44H,45H2,1-4H3. The van der Waals surface area contributed by atoms with E-state index in [0.717, 1.165) is 35.0 Å². The van der Waals surface area contributed by atoms with Gasteiger partial charge in [-0.2, -0.15) is 0 Å². The van der Waals surface area contributed by atoms with Crippen LogP contribution in [0.1, 0.15) is 27.8 Å². The van der Waals surface area contributed by atoms with Gasteiger partial charge in [-0.15, -0.1) is 0 Å². The lowest BCUT2D eigenvalue weighted by atomic mass is 10.0. The van der Waals surface area contributed by atoms with E-state index in [2.05, 4.69) is 280 Å². The number of anilines is 5. The molecule has 0 heterocycles. The summed E-state index contributed by atoms with van der Waals surface area (Å²) in [6, 6.07) is 88.8. The highest BCUT2D eigenvalue weighted by atomic mass is 15.1. The fraction of sp³-hybridized carbons (Fsp3) is 0.0769. The lowest BCUT2D eigenvalue weighted by Gasteiger charge is -2.27. The van der Waals surface area contributed by atoms with Gasteiger partial charge in [0.1, 0.15) is 0 Å². The molecule has 10 aromatic carbocycles. The lowest BCUT2D eigenvalue weighted by molar-refractivity contribution is 0.976. The molecule has 2 nitrogen and oxygen atoms in total. The van der Waals surface area contributed by atoms with E-state index in [4.69, 9.17) is 0 Å². The largest absolute Gasteiger partial charge is 0.337 e. The Bertz CT molecular complexity index is 3100. The Balaban J connectivity index is 0.940. The molecule has 0 aromatic heterocycles. The van der Waals surface area contributed by atoms with Crippen LogP contribution in [0.4, 0.5) is 28.4 Å². The lowest BCUT2D eigenvalue weighted by Crippen LogP contribution is -2.16. The molecule has 0 fully saturated rings. The first-order valence-electron chi connectivity index (χ1n) is 23.3. The van der Waals surface area contributed by atoms with E-state index in [9.17, 15) is 0 Å². The minimum atomic E-state index is 0.736. The topological polar surface area (TPSA) is 6.48 Å². The van der Waals surface area contributed by atoms with Crippen LogP contribution in [0.15, 0.2) is 243 Å². The van der Waals surface area contributed by atoms with Crippen LogP contribution in [0.5, 0.6) is 0 Å². The summed E-state index contributed by atoms with van der Waals surface area (Å²) in [4.78, 5) is 4.76. The summed E-state index contributed by atoms with van der Waals surface area (Å²) >= 11 is 0. The highest BCUT2D eigenvalue weighted by Gasteiger charge is 2.16. The van der Waals surface area contributed by atoms with E-state index in [1.54, 1.807) is 0 Å². The first-order chi connectivity index (χ1) is 32.8. The quantitative estimate of drug-likeness (QED) is 0.121. The molecule has 67 heavy (non-hydrogen) atoms. The van der Waals surface area contributed by atoms with Crippen LogP contribution in [0.3, 0.4) is 0 Å². The van der Waals surface area contributed by atoms with Crippen molar-refractivity contribution in [2.24, 2.45) is 0 Å². The second kappa shape index (κ2) is 19.1. The predicted octanol–water partition coefficient (Wildman–Crippen LogP) is 18.1. The Hall–Kier alpha value is -8.20. The Morgan fingerprint density at radius 1 is 0.209 bits per heavy atom. The predicted molar refractivity (Wildman–Crippen MR) is 286 cm³/mol. The molecule has 0 aliphatic rings. The molecule has 10 aromatic rings. The van der Waals surface area contributed by atoms with Crippen LogP contribution in [-0.2, 0) is 6.54 Å². The average molecular weight is 863 g/mol. The fourth-order valence-electron chi connectivity index (χ4n) is 8.82. The van der Waals surface area contributed by atoms with E-state index in [1.807, 2.05) is 0 Å². The second-order valence-electron chi connectivity index (χ2n) is 17.8. The van der Waals surface area contributed by atoms with Gasteiger partial charge in [-0.3, -0.25) is 0 Å². The Morgan fingerprint density at radius 3 is 0.612 bits per heavy atom. The Labute approximate surface area is 396 Å². The van der Waals surface area contributed by atoms with Crippen LogP contribution >= 0.6 is 0 Å². The van der Waals surface area contributed by atoms with Gasteiger partial charge < -0.3 is 9.80 Å². The summed E-state index contributed by atoms with van der Waals surface area (Å²) in [7, 11) is 0. The van der Waals surface area contributed by atoms with E-state index < -0.39 is 0 Å². The fourth-order valence-corrected chi connectivity index (χ4v) is 8.82. The Morgan fingerprint density at radius 2 is 0.388 bits per heavy atom. The molecule has 0 spiro atoms. The van der Waals surface area contributed by atoms with Crippen LogP contribution in [-0.4, -0.2) is 0 Å². The minimum absolute atomic E-state index is 0.736. The molecule has 0 radical (unpaired) electrons. The maximum absolute atomic E-state index is 2.42. The highest BCUT2D eigenvalue weighted by Crippen LogP contribution is 2.39. The van der Waals surface area contributed by atoms with Gasteiger partial charge in [0, 0.05) is 35.0 Å². The van der Waals surface area contributed by atoms with E-state index in [-0.39, 0.29) is 0 Å². The van der Waals surface area contributed by atoms with E-state index >= 15 is 0 Å². The molecule has 10 rings (SSSR count). The summed E-state index contributed by atoms with van der Waals surface area (Å²) in [6.07, 6.45) is 0. The van der Waals surface area contributed by atoms with E-state index in [0.29, 0.717) is 0 Å². The van der Waals surface area contributed by atoms with Crippen molar-refractivity contribution in [1.82, 2.24) is 0 Å². The summed E-state index contributed by atoms with van der Waals surface area (Å²) in [5.41, 5.74) is 24.0. The Kier molecular flexibility index (Phi) is 12.2. The van der Waals surface area contributed by atoms with Crippen molar-refractivity contribution < 1.29 is 0 Å². The molecule has 2 heteroatoms. The van der Waals surface area contributed by atoms with Crippen molar-refractivity contribution in [2.75, 3.05) is 9.80 Å². The van der Waals surface area contributed by atoms with Gasteiger partial charge in [0.2, 0.25) is 0 Å². The maximum atomic E-state index is 2.42. The van der Waals surface area contributed by atoms with Crippen LogP contribution < -0.4 is 9.80 Å². The van der Waals surface area contributed by atoms with Crippen molar-refractivity contribution in [3.8, 4) is 55.6 Å². The third-order valence-corrected chi connectivity index (χ3v) is 12.9. The molecular formula is C65H54N2. The number of hydrogen-bond donors (Lipinski definition) is 0. The van der Waals surface area contributed by atoms with Crippen molar-refractivity contribution >= 4 is 28.4 Å². The molecule has 0 unspecified atom stereocenters. The van der Waals surface area contributed by atoms with Crippen molar-refractivity contribution in [2.45, 2.75) is 34.2 Å². The molecule has 0 aliphatic carbocycles.